The van der Waals surface area contributed by atoms with Crippen molar-refractivity contribution in [2.75, 3.05) is 32.2 Å². The Hall–Kier alpha value is 0.270. The van der Waals surface area contributed by atoms with E-state index in [1.165, 1.54) is 25.9 Å². The molecular formula is C9H17NOS. The molecule has 2 fully saturated rings. The van der Waals surface area contributed by atoms with E-state index in [-0.39, 0.29) is 0 Å². The number of piperidine rings is 1. The SMILES string of the molecule is SCN1CCC(C2COC2)CC1. The first-order valence-electron chi connectivity index (χ1n) is 4.81. The van der Waals surface area contributed by atoms with E-state index in [1.807, 2.05) is 0 Å². The third kappa shape index (κ3) is 1.78. The molecule has 0 spiro atoms. The Morgan fingerprint density at radius 1 is 1.17 bits per heavy atom. The molecule has 0 saturated carbocycles. The Bertz CT molecular complexity index is 141. The molecule has 2 nitrogen and oxygen atoms in total. The van der Waals surface area contributed by atoms with Crippen LogP contribution in [-0.4, -0.2) is 37.1 Å². The summed E-state index contributed by atoms with van der Waals surface area (Å²) in [5.41, 5.74) is 0. The van der Waals surface area contributed by atoms with Crippen LogP contribution in [0.4, 0.5) is 0 Å². The van der Waals surface area contributed by atoms with Crippen molar-refractivity contribution in [3.63, 3.8) is 0 Å². The van der Waals surface area contributed by atoms with E-state index in [1.54, 1.807) is 0 Å². The maximum atomic E-state index is 5.21. The zero-order valence-corrected chi connectivity index (χ0v) is 8.30. The predicted molar refractivity (Wildman–Crippen MR) is 52.5 cm³/mol. The van der Waals surface area contributed by atoms with Crippen LogP contribution in [-0.2, 0) is 4.74 Å². The van der Waals surface area contributed by atoms with Crippen molar-refractivity contribution in [3.8, 4) is 0 Å². The second-order valence-corrected chi connectivity index (χ2v) is 4.18. The summed E-state index contributed by atoms with van der Waals surface area (Å²) in [6, 6.07) is 0. The smallest absolute Gasteiger partial charge is 0.0519 e. The molecule has 0 unspecified atom stereocenters. The van der Waals surface area contributed by atoms with Crippen molar-refractivity contribution in [1.82, 2.24) is 4.90 Å². The minimum absolute atomic E-state index is 0.882. The van der Waals surface area contributed by atoms with Gasteiger partial charge in [0.05, 0.1) is 13.2 Å². The first-order chi connectivity index (χ1) is 5.90. The minimum Gasteiger partial charge on any atom is -0.381 e. The molecule has 2 aliphatic heterocycles. The van der Waals surface area contributed by atoms with Gasteiger partial charge in [0.2, 0.25) is 0 Å². The lowest BCUT2D eigenvalue weighted by atomic mass is 9.83. The first-order valence-corrected chi connectivity index (χ1v) is 5.44. The lowest BCUT2D eigenvalue weighted by molar-refractivity contribution is -0.0713. The largest absolute Gasteiger partial charge is 0.381 e. The lowest BCUT2D eigenvalue weighted by Gasteiger charge is -2.39. The summed E-state index contributed by atoms with van der Waals surface area (Å²) < 4.78 is 5.21. The van der Waals surface area contributed by atoms with Gasteiger partial charge in [-0.1, -0.05) is 0 Å². The summed E-state index contributed by atoms with van der Waals surface area (Å²) >= 11 is 4.28. The zero-order chi connectivity index (χ0) is 8.39. The molecule has 0 N–H and O–H groups in total. The molecule has 0 bridgehead atoms. The van der Waals surface area contributed by atoms with E-state index in [0.717, 1.165) is 30.9 Å². The molecule has 0 aromatic heterocycles. The van der Waals surface area contributed by atoms with Crippen LogP contribution in [0.1, 0.15) is 12.8 Å². The third-order valence-electron chi connectivity index (χ3n) is 3.16. The summed E-state index contributed by atoms with van der Waals surface area (Å²) in [6.45, 7) is 4.52. The van der Waals surface area contributed by atoms with E-state index in [2.05, 4.69) is 17.5 Å². The standard InChI is InChI=1S/C9H17NOS/c12-7-10-3-1-8(2-4-10)9-5-11-6-9/h8-9,12H,1-7H2. The van der Waals surface area contributed by atoms with E-state index >= 15 is 0 Å². The maximum absolute atomic E-state index is 5.21. The highest BCUT2D eigenvalue weighted by atomic mass is 32.1. The quantitative estimate of drug-likeness (QED) is 0.653. The Balaban J connectivity index is 1.74. The van der Waals surface area contributed by atoms with Crippen molar-refractivity contribution in [3.05, 3.63) is 0 Å². The molecule has 3 heteroatoms. The molecule has 0 aromatic rings. The fraction of sp³-hybridized carbons (Fsp3) is 1.00. The van der Waals surface area contributed by atoms with Gasteiger partial charge in [-0.05, 0) is 31.8 Å². The molecule has 2 aliphatic rings. The molecule has 0 amide bonds. The van der Waals surface area contributed by atoms with E-state index < -0.39 is 0 Å². The van der Waals surface area contributed by atoms with Crippen LogP contribution in [0.25, 0.3) is 0 Å². The summed E-state index contributed by atoms with van der Waals surface area (Å²) in [5, 5.41) is 0. The average molecular weight is 187 g/mol. The van der Waals surface area contributed by atoms with E-state index in [4.69, 9.17) is 4.74 Å². The molecule has 0 aromatic carbocycles. The number of likely N-dealkylation sites (tertiary alicyclic amines) is 1. The van der Waals surface area contributed by atoms with Crippen molar-refractivity contribution in [2.45, 2.75) is 12.8 Å². The van der Waals surface area contributed by atoms with Gasteiger partial charge in [-0.25, -0.2) is 0 Å². The third-order valence-corrected chi connectivity index (χ3v) is 3.56. The summed E-state index contributed by atoms with van der Waals surface area (Å²) in [5.74, 6) is 2.75. The van der Waals surface area contributed by atoms with Gasteiger partial charge in [-0.3, -0.25) is 4.90 Å². The Labute approximate surface area is 79.7 Å². The second kappa shape index (κ2) is 3.99. The number of rotatable bonds is 2. The van der Waals surface area contributed by atoms with Crippen LogP contribution < -0.4 is 0 Å². The molecule has 0 aliphatic carbocycles. The Morgan fingerprint density at radius 3 is 2.25 bits per heavy atom. The highest BCUT2D eigenvalue weighted by Gasteiger charge is 2.30. The predicted octanol–water partition coefficient (Wildman–Crippen LogP) is 1.23. The monoisotopic (exact) mass is 187 g/mol. The summed E-state index contributed by atoms with van der Waals surface area (Å²) in [4.78, 5) is 2.42. The number of hydrogen-bond donors (Lipinski definition) is 1. The van der Waals surface area contributed by atoms with Crippen LogP contribution in [0.15, 0.2) is 0 Å². The van der Waals surface area contributed by atoms with Crippen LogP contribution in [0.2, 0.25) is 0 Å². The highest BCUT2D eigenvalue weighted by molar-refractivity contribution is 7.80. The van der Waals surface area contributed by atoms with E-state index in [0.29, 0.717) is 0 Å². The molecule has 2 saturated heterocycles. The Kier molecular flexibility index (Phi) is 2.94. The first kappa shape index (κ1) is 8.85. The number of nitrogens with zero attached hydrogens (tertiary/aromatic N) is 1. The maximum Gasteiger partial charge on any atom is 0.0519 e. The van der Waals surface area contributed by atoms with Crippen molar-refractivity contribution >= 4 is 12.6 Å². The molecule has 2 rings (SSSR count). The van der Waals surface area contributed by atoms with Gasteiger partial charge in [-0.2, -0.15) is 12.6 Å². The van der Waals surface area contributed by atoms with Gasteiger partial charge in [0.1, 0.15) is 0 Å². The fourth-order valence-corrected chi connectivity index (χ4v) is 2.37. The number of hydrogen-bond acceptors (Lipinski definition) is 3. The van der Waals surface area contributed by atoms with E-state index in [9.17, 15) is 0 Å². The van der Waals surface area contributed by atoms with Gasteiger partial charge < -0.3 is 4.74 Å². The molecule has 70 valence electrons. The minimum atomic E-state index is 0.882. The second-order valence-electron chi connectivity index (χ2n) is 3.89. The van der Waals surface area contributed by atoms with Crippen LogP contribution >= 0.6 is 12.6 Å². The van der Waals surface area contributed by atoms with Crippen molar-refractivity contribution < 1.29 is 4.74 Å². The molecular weight excluding hydrogens is 170 g/mol. The van der Waals surface area contributed by atoms with Crippen LogP contribution in [0, 0.1) is 11.8 Å². The lowest BCUT2D eigenvalue weighted by Crippen LogP contribution is -2.41. The summed E-state index contributed by atoms with van der Waals surface area (Å²) in [7, 11) is 0. The van der Waals surface area contributed by atoms with Crippen LogP contribution in [0.3, 0.4) is 0 Å². The van der Waals surface area contributed by atoms with Gasteiger partial charge in [-0.15, -0.1) is 0 Å². The van der Waals surface area contributed by atoms with Gasteiger partial charge in [0, 0.05) is 11.8 Å². The van der Waals surface area contributed by atoms with Gasteiger partial charge in [0.25, 0.3) is 0 Å². The number of ether oxygens (including phenoxy) is 1. The topological polar surface area (TPSA) is 12.5 Å². The normalized spacial score (nSPS) is 28.8. The van der Waals surface area contributed by atoms with Crippen LogP contribution in [0.5, 0.6) is 0 Å². The van der Waals surface area contributed by atoms with Crippen molar-refractivity contribution in [2.24, 2.45) is 11.8 Å². The van der Waals surface area contributed by atoms with Gasteiger partial charge in [0.15, 0.2) is 0 Å². The zero-order valence-electron chi connectivity index (χ0n) is 7.41. The summed E-state index contributed by atoms with van der Waals surface area (Å²) in [6.07, 6.45) is 2.71. The molecule has 0 atom stereocenters. The van der Waals surface area contributed by atoms with Gasteiger partial charge >= 0.3 is 0 Å². The Morgan fingerprint density at radius 2 is 1.83 bits per heavy atom. The molecule has 12 heavy (non-hydrogen) atoms. The molecule has 2 heterocycles. The number of thiol groups is 1. The van der Waals surface area contributed by atoms with Crippen molar-refractivity contribution in [1.29, 1.82) is 0 Å². The molecule has 0 radical (unpaired) electrons. The highest BCUT2D eigenvalue weighted by Crippen LogP contribution is 2.29. The fourth-order valence-electron chi connectivity index (χ4n) is 2.09. The average Bonchev–Trinajstić information content (AvgIpc) is 2.03.